The van der Waals surface area contributed by atoms with Gasteiger partial charge in [0.15, 0.2) is 4.34 Å². The fourth-order valence-corrected chi connectivity index (χ4v) is 3.46. The van der Waals surface area contributed by atoms with E-state index in [0.29, 0.717) is 11.8 Å². The zero-order chi connectivity index (χ0) is 15.9. The summed E-state index contributed by atoms with van der Waals surface area (Å²) < 4.78 is 0.792. The quantitative estimate of drug-likeness (QED) is 0.756. The normalized spacial score (nSPS) is 10.7. The number of thioether (sulfide) groups is 1. The van der Waals surface area contributed by atoms with E-state index in [4.69, 9.17) is 0 Å². The zero-order valence-corrected chi connectivity index (χ0v) is 14.6. The van der Waals surface area contributed by atoms with E-state index >= 15 is 0 Å². The maximum Gasteiger partial charge on any atom is 0.234 e. The van der Waals surface area contributed by atoms with Gasteiger partial charge in [0.25, 0.3) is 0 Å². The molecule has 0 aliphatic rings. The number of anilines is 2. The van der Waals surface area contributed by atoms with Crippen LogP contribution in [-0.2, 0) is 11.2 Å². The van der Waals surface area contributed by atoms with Crippen LogP contribution in [0.25, 0.3) is 0 Å². The Labute approximate surface area is 138 Å². The molecule has 22 heavy (non-hydrogen) atoms. The minimum atomic E-state index is -0.0354. The Morgan fingerprint density at radius 2 is 2.18 bits per heavy atom. The third kappa shape index (κ3) is 5.31. The van der Waals surface area contributed by atoms with Crippen molar-refractivity contribution in [3.8, 4) is 0 Å². The number of amides is 1. The molecule has 0 saturated heterocycles. The Morgan fingerprint density at radius 3 is 2.91 bits per heavy atom. The summed E-state index contributed by atoms with van der Waals surface area (Å²) in [5.41, 5.74) is 2.04. The first-order valence-electron chi connectivity index (χ1n) is 7.18. The number of carbonyl (C=O) groups is 1. The van der Waals surface area contributed by atoms with Crippen molar-refractivity contribution in [2.75, 3.05) is 16.4 Å². The van der Waals surface area contributed by atoms with E-state index in [9.17, 15) is 4.79 Å². The Morgan fingerprint density at radius 1 is 1.36 bits per heavy atom. The third-order valence-corrected chi connectivity index (χ3v) is 4.75. The van der Waals surface area contributed by atoms with Crippen LogP contribution in [-0.4, -0.2) is 27.9 Å². The smallest absolute Gasteiger partial charge is 0.234 e. The van der Waals surface area contributed by atoms with Crippen LogP contribution in [0.15, 0.2) is 28.6 Å². The van der Waals surface area contributed by atoms with Crippen molar-refractivity contribution in [1.29, 1.82) is 0 Å². The van der Waals surface area contributed by atoms with E-state index in [1.807, 2.05) is 32.0 Å². The Hall–Kier alpha value is -1.60. The molecule has 2 rings (SSSR count). The first kappa shape index (κ1) is 16.8. The molecule has 0 saturated carbocycles. The molecule has 1 aromatic carbocycles. The lowest BCUT2D eigenvalue weighted by atomic mass is 10.1. The number of aryl methyl sites for hydroxylation is 1. The molecule has 1 amide bonds. The average molecular weight is 336 g/mol. The highest BCUT2D eigenvalue weighted by Crippen LogP contribution is 2.25. The van der Waals surface area contributed by atoms with E-state index < -0.39 is 0 Å². The van der Waals surface area contributed by atoms with Gasteiger partial charge >= 0.3 is 0 Å². The maximum absolute atomic E-state index is 12.0. The van der Waals surface area contributed by atoms with Crippen LogP contribution in [0.4, 0.5) is 10.8 Å². The SMILES string of the molecule is CCc1cccc(NC(=O)CSc2nnc(NC(C)C)s2)c1. The molecule has 2 N–H and O–H groups in total. The van der Waals surface area contributed by atoms with Gasteiger partial charge in [0, 0.05) is 11.7 Å². The molecule has 0 aliphatic heterocycles. The first-order chi connectivity index (χ1) is 10.6. The number of nitrogens with zero attached hydrogens (tertiary/aromatic N) is 2. The first-order valence-corrected chi connectivity index (χ1v) is 8.98. The third-order valence-electron chi connectivity index (χ3n) is 2.76. The number of rotatable bonds is 7. The summed E-state index contributed by atoms with van der Waals surface area (Å²) in [5, 5.41) is 15.0. The van der Waals surface area contributed by atoms with E-state index in [0.717, 1.165) is 21.6 Å². The molecular weight excluding hydrogens is 316 g/mol. The number of hydrogen-bond acceptors (Lipinski definition) is 6. The highest BCUT2D eigenvalue weighted by Gasteiger charge is 2.09. The predicted molar refractivity (Wildman–Crippen MR) is 93.8 cm³/mol. The van der Waals surface area contributed by atoms with E-state index in [1.54, 1.807) is 0 Å². The molecule has 0 aliphatic carbocycles. The van der Waals surface area contributed by atoms with Crippen LogP contribution in [0, 0.1) is 0 Å². The summed E-state index contributed by atoms with van der Waals surface area (Å²) >= 11 is 2.86. The second-order valence-corrected chi connectivity index (χ2v) is 7.26. The average Bonchev–Trinajstić information content (AvgIpc) is 2.92. The summed E-state index contributed by atoms with van der Waals surface area (Å²) in [6, 6.07) is 8.22. The van der Waals surface area contributed by atoms with Gasteiger partial charge in [-0.15, -0.1) is 10.2 Å². The standard InChI is InChI=1S/C15H20N4OS2/c1-4-11-6-5-7-12(8-11)17-13(20)9-21-15-19-18-14(22-15)16-10(2)3/h5-8,10H,4,9H2,1-3H3,(H,16,18)(H,17,20). The number of carbonyl (C=O) groups excluding carboxylic acids is 1. The van der Waals surface area contributed by atoms with Crippen LogP contribution in [0.3, 0.4) is 0 Å². The van der Waals surface area contributed by atoms with Gasteiger partial charge in [0.2, 0.25) is 11.0 Å². The zero-order valence-electron chi connectivity index (χ0n) is 12.9. The highest BCUT2D eigenvalue weighted by atomic mass is 32.2. The summed E-state index contributed by atoms with van der Waals surface area (Å²) in [4.78, 5) is 12.0. The fourth-order valence-electron chi connectivity index (χ4n) is 1.77. The molecule has 2 aromatic rings. The van der Waals surface area contributed by atoms with E-state index in [2.05, 4.69) is 33.8 Å². The van der Waals surface area contributed by atoms with Crippen LogP contribution >= 0.6 is 23.1 Å². The van der Waals surface area contributed by atoms with Crippen molar-refractivity contribution >= 4 is 39.8 Å². The highest BCUT2D eigenvalue weighted by molar-refractivity contribution is 8.01. The second-order valence-electron chi connectivity index (χ2n) is 5.06. The van der Waals surface area contributed by atoms with Crippen LogP contribution in [0.2, 0.25) is 0 Å². The number of benzene rings is 1. The summed E-state index contributed by atoms with van der Waals surface area (Å²) in [5.74, 6) is 0.291. The van der Waals surface area contributed by atoms with Crippen LogP contribution in [0.5, 0.6) is 0 Å². The Bertz CT molecular complexity index is 628. The van der Waals surface area contributed by atoms with Gasteiger partial charge in [-0.2, -0.15) is 0 Å². The summed E-state index contributed by atoms with van der Waals surface area (Å²) in [6.07, 6.45) is 0.953. The molecule has 5 nitrogen and oxygen atoms in total. The molecule has 0 radical (unpaired) electrons. The van der Waals surface area contributed by atoms with Crippen molar-refractivity contribution in [3.05, 3.63) is 29.8 Å². The molecule has 118 valence electrons. The monoisotopic (exact) mass is 336 g/mol. The van der Waals surface area contributed by atoms with Gasteiger partial charge in [-0.05, 0) is 38.0 Å². The Kier molecular flexibility index (Phi) is 6.21. The van der Waals surface area contributed by atoms with Crippen molar-refractivity contribution in [3.63, 3.8) is 0 Å². The molecule has 1 aromatic heterocycles. The predicted octanol–water partition coefficient (Wildman–Crippen LogP) is 3.65. The van der Waals surface area contributed by atoms with Crippen molar-refractivity contribution in [2.24, 2.45) is 0 Å². The van der Waals surface area contributed by atoms with Gasteiger partial charge in [-0.25, -0.2) is 0 Å². The largest absolute Gasteiger partial charge is 0.358 e. The molecule has 0 atom stereocenters. The second kappa shape index (κ2) is 8.14. The topological polar surface area (TPSA) is 66.9 Å². The van der Waals surface area contributed by atoms with Gasteiger partial charge in [-0.3, -0.25) is 4.79 Å². The molecule has 7 heteroatoms. The summed E-state index contributed by atoms with van der Waals surface area (Å²) in [7, 11) is 0. The molecule has 0 unspecified atom stereocenters. The molecule has 0 bridgehead atoms. The summed E-state index contributed by atoms with van der Waals surface area (Å²) in [6.45, 7) is 6.19. The lowest BCUT2D eigenvalue weighted by molar-refractivity contribution is -0.113. The lowest BCUT2D eigenvalue weighted by Crippen LogP contribution is -2.14. The fraction of sp³-hybridized carbons (Fsp3) is 0.400. The van der Waals surface area contributed by atoms with E-state index in [1.165, 1.54) is 28.7 Å². The molecule has 0 fully saturated rings. The minimum Gasteiger partial charge on any atom is -0.358 e. The number of aromatic nitrogens is 2. The van der Waals surface area contributed by atoms with Gasteiger partial charge in [0.05, 0.1) is 5.75 Å². The van der Waals surface area contributed by atoms with Gasteiger partial charge < -0.3 is 10.6 Å². The Balaban J connectivity index is 1.83. The number of nitrogens with one attached hydrogen (secondary N) is 2. The van der Waals surface area contributed by atoms with Gasteiger partial charge in [-0.1, -0.05) is 42.2 Å². The van der Waals surface area contributed by atoms with Crippen molar-refractivity contribution in [1.82, 2.24) is 10.2 Å². The lowest BCUT2D eigenvalue weighted by Gasteiger charge is -2.05. The van der Waals surface area contributed by atoms with Crippen LogP contribution < -0.4 is 10.6 Å². The van der Waals surface area contributed by atoms with Crippen molar-refractivity contribution < 1.29 is 4.79 Å². The molecular formula is C15H20N4OS2. The van der Waals surface area contributed by atoms with Gasteiger partial charge in [0.1, 0.15) is 0 Å². The van der Waals surface area contributed by atoms with E-state index in [-0.39, 0.29) is 5.91 Å². The molecule has 1 heterocycles. The van der Waals surface area contributed by atoms with Crippen LogP contribution in [0.1, 0.15) is 26.3 Å². The molecule has 0 spiro atoms. The maximum atomic E-state index is 12.0. The number of hydrogen-bond donors (Lipinski definition) is 2. The van der Waals surface area contributed by atoms with Crippen molar-refractivity contribution in [2.45, 2.75) is 37.6 Å². The minimum absolute atomic E-state index is 0.0354.